The van der Waals surface area contributed by atoms with Gasteiger partial charge in [-0.3, -0.25) is 19.1 Å². The highest BCUT2D eigenvalue weighted by Crippen LogP contribution is 2.16. The molecule has 9 heteroatoms. The Balaban J connectivity index is 2.21. The number of aromatic amines is 1. The van der Waals surface area contributed by atoms with Crippen LogP contribution in [0, 0.1) is 13.8 Å². The first kappa shape index (κ1) is 18.2. The topological polar surface area (TPSA) is 129 Å². The number of Topliss-reactive ketones (excluding diaryl/α,β-unsaturated/α-hetero) is 1. The van der Waals surface area contributed by atoms with Crippen LogP contribution in [0.4, 0.5) is 5.82 Å². The zero-order chi connectivity index (χ0) is 18.9. The van der Waals surface area contributed by atoms with Gasteiger partial charge in [0.15, 0.2) is 6.61 Å². The fourth-order valence-electron chi connectivity index (χ4n) is 2.68. The van der Waals surface area contributed by atoms with Gasteiger partial charge in [-0.2, -0.15) is 0 Å². The van der Waals surface area contributed by atoms with Crippen molar-refractivity contribution in [2.75, 3.05) is 12.3 Å². The zero-order valence-corrected chi connectivity index (χ0v) is 14.5. The molecule has 3 N–H and O–H groups in total. The van der Waals surface area contributed by atoms with Crippen molar-refractivity contribution in [2.45, 2.75) is 27.3 Å². The number of ketones is 1. The molecule has 0 aliphatic rings. The summed E-state index contributed by atoms with van der Waals surface area (Å²) in [7, 11) is 1.32. The van der Waals surface area contributed by atoms with Crippen molar-refractivity contribution < 1.29 is 14.3 Å². The number of H-pyrrole nitrogens is 1. The van der Waals surface area contributed by atoms with Crippen LogP contribution in [-0.4, -0.2) is 32.5 Å². The molecular formula is C16H20N4O5. The standard InChI is InChI=1S/C16H20N4O5/c1-5-20-8(2)6-10(9(20)3)15(23)25-7-11(21)12-13(17)19(4)16(24)18-14(12)22/h6H,5,7,17H2,1-4H3,(H,18,22,24). The molecule has 2 aromatic rings. The third kappa shape index (κ3) is 3.25. The molecule has 0 unspecified atom stereocenters. The van der Waals surface area contributed by atoms with Crippen LogP contribution in [0.15, 0.2) is 15.7 Å². The van der Waals surface area contributed by atoms with Gasteiger partial charge in [0, 0.05) is 25.0 Å². The highest BCUT2D eigenvalue weighted by molar-refractivity contribution is 6.02. The first-order chi connectivity index (χ1) is 11.7. The van der Waals surface area contributed by atoms with Crippen LogP contribution in [-0.2, 0) is 18.3 Å². The van der Waals surface area contributed by atoms with E-state index in [-0.39, 0.29) is 5.82 Å². The first-order valence-corrected chi connectivity index (χ1v) is 7.64. The summed E-state index contributed by atoms with van der Waals surface area (Å²) in [6.07, 6.45) is 0. The Labute approximate surface area is 143 Å². The Kier molecular flexibility index (Phi) is 4.96. The molecule has 0 amide bonds. The largest absolute Gasteiger partial charge is 0.454 e. The van der Waals surface area contributed by atoms with Gasteiger partial charge in [0.05, 0.1) is 5.56 Å². The van der Waals surface area contributed by atoms with E-state index < -0.39 is 35.2 Å². The number of ether oxygens (including phenoxy) is 1. The van der Waals surface area contributed by atoms with E-state index in [1.54, 1.807) is 13.0 Å². The Morgan fingerprint density at radius 2 is 1.92 bits per heavy atom. The number of anilines is 1. The minimum Gasteiger partial charge on any atom is -0.454 e. The van der Waals surface area contributed by atoms with Crippen molar-refractivity contribution in [3.8, 4) is 0 Å². The van der Waals surface area contributed by atoms with Crippen LogP contribution >= 0.6 is 0 Å². The van der Waals surface area contributed by atoms with Crippen LogP contribution in [0.25, 0.3) is 0 Å². The molecule has 134 valence electrons. The number of aromatic nitrogens is 3. The molecule has 0 aliphatic carbocycles. The summed E-state index contributed by atoms with van der Waals surface area (Å²) in [6, 6.07) is 1.68. The minimum absolute atomic E-state index is 0.279. The van der Waals surface area contributed by atoms with E-state index in [2.05, 4.69) is 0 Å². The summed E-state index contributed by atoms with van der Waals surface area (Å²) >= 11 is 0. The lowest BCUT2D eigenvalue weighted by Gasteiger charge is -2.09. The van der Waals surface area contributed by atoms with Crippen LogP contribution in [0.5, 0.6) is 0 Å². The lowest BCUT2D eigenvalue weighted by molar-refractivity contribution is 0.0473. The number of aryl methyl sites for hydroxylation is 1. The monoisotopic (exact) mass is 348 g/mol. The van der Waals surface area contributed by atoms with E-state index >= 15 is 0 Å². The van der Waals surface area contributed by atoms with E-state index in [0.717, 1.165) is 16.0 Å². The van der Waals surface area contributed by atoms with Gasteiger partial charge in [0.1, 0.15) is 11.4 Å². The second kappa shape index (κ2) is 6.80. The Morgan fingerprint density at radius 1 is 1.28 bits per heavy atom. The van der Waals surface area contributed by atoms with Gasteiger partial charge in [-0.05, 0) is 26.8 Å². The molecule has 0 atom stereocenters. The fourth-order valence-corrected chi connectivity index (χ4v) is 2.68. The normalized spacial score (nSPS) is 10.7. The Morgan fingerprint density at radius 3 is 2.48 bits per heavy atom. The summed E-state index contributed by atoms with van der Waals surface area (Å²) < 4.78 is 7.89. The maximum absolute atomic E-state index is 12.2. The number of nitrogen functional groups attached to an aromatic ring is 1. The predicted octanol–water partition coefficient (Wildman–Crippen LogP) is 0.134. The van der Waals surface area contributed by atoms with Crippen LogP contribution < -0.4 is 17.0 Å². The van der Waals surface area contributed by atoms with E-state index in [1.807, 2.05) is 23.4 Å². The van der Waals surface area contributed by atoms with Crippen LogP contribution in [0.3, 0.4) is 0 Å². The van der Waals surface area contributed by atoms with E-state index in [9.17, 15) is 19.2 Å². The number of nitrogens with zero attached hydrogens (tertiary/aromatic N) is 2. The average Bonchev–Trinajstić information content (AvgIpc) is 2.84. The van der Waals surface area contributed by atoms with Crippen molar-refractivity contribution in [1.82, 2.24) is 14.1 Å². The number of esters is 1. The molecule has 0 spiro atoms. The maximum Gasteiger partial charge on any atom is 0.340 e. The lowest BCUT2D eigenvalue weighted by Crippen LogP contribution is -2.35. The number of nitrogens with one attached hydrogen (secondary N) is 1. The molecule has 0 saturated carbocycles. The summed E-state index contributed by atoms with van der Waals surface area (Å²) in [5, 5.41) is 0. The van der Waals surface area contributed by atoms with Gasteiger partial charge in [-0.25, -0.2) is 9.59 Å². The summed E-state index contributed by atoms with van der Waals surface area (Å²) in [5.74, 6) is -1.73. The number of hydrogen-bond donors (Lipinski definition) is 2. The molecule has 25 heavy (non-hydrogen) atoms. The Hall–Kier alpha value is -3.10. The molecule has 9 nitrogen and oxygen atoms in total. The summed E-state index contributed by atoms with van der Waals surface area (Å²) in [6.45, 7) is 5.65. The molecular weight excluding hydrogens is 328 g/mol. The number of carbonyl (C=O) groups excluding carboxylic acids is 2. The fraction of sp³-hybridized carbons (Fsp3) is 0.375. The molecule has 0 bridgehead atoms. The quantitative estimate of drug-likeness (QED) is 0.584. The zero-order valence-electron chi connectivity index (χ0n) is 14.5. The summed E-state index contributed by atoms with van der Waals surface area (Å²) in [5.41, 5.74) is 5.58. The highest BCUT2D eigenvalue weighted by Gasteiger charge is 2.21. The van der Waals surface area contributed by atoms with Crippen molar-refractivity contribution in [1.29, 1.82) is 0 Å². The molecule has 0 radical (unpaired) electrons. The van der Waals surface area contributed by atoms with Crippen molar-refractivity contribution in [2.24, 2.45) is 7.05 Å². The average molecular weight is 348 g/mol. The Bertz CT molecular complexity index is 964. The van der Waals surface area contributed by atoms with Crippen molar-refractivity contribution in [3.05, 3.63) is 49.4 Å². The van der Waals surface area contributed by atoms with Crippen molar-refractivity contribution >= 4 is 17.6 Å². The van der Waals surface area contributed by atoms with Crippen molar-refractivity contribution in [3.63, 3.8) is 0 Å². The smallest absolute Gasteiger partial charge is 0.340 e. The van der Waals surface area contributed by atoms with Gasteiger partial charge in [0.2, 0.25) is 5.78 Å². The third-order valence-corrected chi connectivity index (χ3v) is 4.09. The highest BCUT2D eigenvalue weighted by atomic mass is 16.5. The SMILES string of the molecule is CCn1c(C)cc(C(=O)OCC(=O)c2c(N)n(C)c(=O)[nH]c2=O)c1C. The number of hydrogen-bond acceptors (Lipinski definition) is 6. The lowest BCUT2D eigenvalue weighted by atomic mass is 10.2. The number of rotatable bonds is 5. The second-order valence-corrected chi connectivity index (χ2v) is 5.61. The molecule has 2 aromatic heterocycles. The molecule has 0 aliphatic heterocycles. The van der Waals surface area contributed by atoms with Crippen LogP contribution in [0.2, 0.25) is 0 Å². The molecule has 2 rings (SSSR count). The third-order valence-electron chi connectivity index (χ3n) is 4.09. The number of carbonyl (C=O) groups is 2. The molecule has 0 saturated heterocycles. The van der Waals surface area contributed by atoms with E-state index in [1.165, 1.54) is 7.05 Å². The molecule has 2 heterocycles. The molecule has 0 fully saturated rings. The van der Waals surface area contributed by atoms with Gasteiger partial charge in [0.25, 0.3) is 5.56 Å². The van der Waals surface area contributed by atoms with Gasteiger partial charge < -0.3 is 15.0 Å². The van der Waals surface area contributed by atoms with Crippen LogP contribution in [0.1, 0.15) is 39.0 Å². The van der Waals surface area contributed by atoms with Gasteiger partial charge >= 0.3 is 11.7 Å². The van der Waals surface area contributed by atoms with E-state index in [4.69, 9.17) is 10.5 Å². The predicted molar refractivity (Wildman–Crippen MR) is 90.9 cm³/mol. The van der Waals surface area contributed by atoms with Gasteiger partial charge in [-0.15, -0.1) is 0 Å². The molecule has 0 aromatic carbocycles. The maximum atomic E-state index is 12.2. The van der Waals surface area contributed by atoms with E-state index in [0.29, 0.717) is 12.1 Å². The second-order valence-electron chi connectivity index (χ2n) is 5.61. The minimum atomic E-state index is -0.911. The number of nitrogens with two attached hydrogens (primary N) is 1. The first-order valence-electron chi connectivity index (χ1n) is 7.64. The summed E-state index contributed by atoms with van der Waals surface area (Å²) in [4.78, 5) is 49.6. The van der Waals surface area contributed by atoms with Gasteiger partial charge in [-0.1, -0.05) is 0 Å².